The molecule has 0 bridgehead atoms. The Hall–Kier alpha value is -0.980. The van der Waals surface area contributed by atoms with Gasteiger partial charge in [-0.2, -0.15) is 0 Å². The molecule has 2 fully saturated rings. The van der Waals surface area contributed by atoms with Crippen molar-refractivity contribution >= 4 is 17.2 Å². The molecule has 0 aromatic carbocycles. The zero-order chi connectivity index (χ0) is 12.6. The van der Waals surface area contributed by atoms with E-state index in [2.05, 4.69) is 4.98 Å². The van der Waals surface area contributed by atoms with Crippen molar-refractivity contribution in [2.75, 3.05) is 19.7 Å². The largest absolute Gasteiger partial charge is 0.390 e. The summed E-state index contributed by atoms with van der Waals surface area (Å²) in [4.78, 5) is 18.6. The van der Waals surface area contributed by atoms with Crippen molar-refractivity contribution < 1.29 is 14.6 Å². The summed E-state index contributed by atoms with van der Waals surface area (Å²) in [5.41, 5.74) is 1.13. The Labute approximate surface area is 109 Å². The maximum absolute atomic E-state index is 12.3. The van der Waals surface area contributed by atoms with Gasteiger partial charge in [-0.15, -0.1) is 11.3 Å². The zero-order valence-electron chi connectivity index (χ0n) is 10.0. The van der Waals surface area contributed by atoms with Gasteiger partial charge in [-0.1, -0.05) is 0 Å². The smallest absolute Gasteiger partial charge is 0.265 e. The number of nitrogens with zero attached hydrogens (tertiary/aromatic N) is 2. The van der Waals surface area contributed by atoms with Crippen LogP contribution < -0.4 is 0 Å². The first-order valence-electron chi connectivity index (χ1n) is 6.21. The number of amides is 1. The number of likely N-dealkylation sites (tertiary alicyclic amines) is 1. The minimum atomic E-state index is -0.529. The summed E-state index contributed by atoms with van der Waals surface area (Å²) in [7, 11) is 0. The monoisotopic (exact) mass is 268 g/mol. The molecule has 18 heavy (non-hydrogen) atoms. The van der Waals surface area contributed by atoms with Crippen molar-refractivity contribution in [2.24, 2.45) is 0 Å². The highest BCUT2D eigenvalue weighted by Crippen LogP contribution is 2.35. The van der Waals surface area contributed by atoms with E-state index >= 15 is 0 Å². The average molecular weight is 268 g/mol. The number of carbonyl (C=O) groups excluding carboxylic acids is 1. The van der Waals surface area contributed by atoms with Gasteiger partial charge in [0.25, 0.3) is 5.91 Å². The van der Waals surface area contributed by atoms with Crippen LogP contribution in [0, 0.1) is 0 Å². The van der Waals surface area contributed by atoms with Crippen LogP contribution in [-0.4, -0.2) is 52.3 Å². The van der Waals surface area contributed by atoms with Gasteiger partial charge in [0, 0.05) is 13.2 Å². The average Bonchev–Trinajstić information content (AvgIpc) is 3.04. The minimum absolute atomic E-state index is 0.000671. The summed E-state index contributed by atoms with van der Waals surface area (Å²) < 4.78 is 5.74. The molecule has 1 amide bonds. The molecule has 2 aliphatic rings. The van der Waals surface area contributed by atoms with E-state index in [-0.39, 0.29) is 5.91 Å². The van der Waals surface area contributed by atoms with Crippen molar-refractivity contribution in [2.45, 2.75) is 31.0 Å². The van der Waals surface area contributed by atoms with Crippen LogP contribution in [0.1, 0.15) is 28.9 Å². The van der Waals surface area contributed by atoms with E-state index in [4.69, 9.17) is 4.74 Å². The van der Waals surface area contributed by atoms with Crippen molar-refractivity contribution in [1.82, 2.24) is 9.88 Å². The number of hydrogen-bond acceptors (Lipinski definition) is 5. The summed E-state index contributed by atoms with van der Waals surface area (Å²) in [6, 6.07) is 0. The summed E-state index contributed by atoms with van der Waals surface area (Å²) in [5.74, 6) is -0.000671. The lowest BCUT2D eigenvalue weighted by Gasteiger charge is -2.43. The van der Waals surface area contributed by atoms with Crippen molar-refractivity contribution in [3.05, 3.63) is 16.6 Å². The summed E-state index contributed by atoms with van der Waals surface area (Å²) in [6.07, 6.45) is 3.52. The van der Waals surface area contributed by atoms with E-state index in [1.165, 1.54) is 11.3 Å². The van der Waals surface area contributed by atoms with Crippen LogP contribution in [0.15, 0.2) is 11.7 Å². The summed E-state index contributed by atoms with van der Waals surface area (Å²) in [5, 5.41) is 10.1. The predicted octanol–water partition coefficient (Wildman–Crippen LogP) is 0.899. The molecule has 0 aliphatic carbocycles. The van der Waals surface area contributed by atoms with Crippen LogP contribution in [0.2, 0.25) is 0 Å². The lowest BCUT2D eigenvalue weighted by atomic mass is 9.87. The predicted molar refractivity (Wildman–Crippen MR) is 66.6 cm³/mol. The normalized spacial score (nSPS) is 32.1. The molecule has 1 aromatic heterocycles. The van der Waals surface area contributed by atoms with Gasteiger partial charge >= 0.3 is 0 Å². The van der Waals surface area contributed by atoms with E-state index < -0.39 is 11.7 Å². The maximum Gasteiger partial charge on any atom is 0.265 e. The van der Waals surface area contributed by atoms with Crippen LogP contribution in [0.3, 0.4) is 0 Å². The molecule has 1 spiro atoms. The van der Waals surface area contributed by atoms with Crippen LogP contribution >= 0.6 is 11.3 Å². The molecule has 1 N–H and O–H groups in total. The van der Waals surface area contributed by atoms with Crippen LogP contribution in [0.25, 0.3) is 0 Å². The third-order valence-corrected chi connectivity index (χ3v) is 4.56. The van der Waals surface area contributed by atoms with Gasteiger partial charge in [0.1, 0.15) is 10.5 Å². The lowest BCUT2D eigenvalue weighted by Crippen LogP contribution is -2.57. The molecule has 2 aliphatic heterocycles. The fourth-order valence-electron chi connectivity index (χ4n) is 2.81. The highest BCUT2D eigenvalue weighted by atomic mass is 32.1. The second-order valence-corrected chi connectivity index (χ2v) is 5.80. The van der Waals surface area contributed by atoms with Crippen LogP contribution in [0.5, 0.6) is 0 Å². The minimum Gasteiger partial charge on any atom is -0.390 e. The first-order valence-corrected chi connectivity index (χ1v) is 7.09. The second-order valence-electron chi connectivity index (χ2n) is 4.91. The van der Waals surface area contributed by atoms with Gasteiger partial charge < -0.3 is 14.7 Å². The van der Waals surface area contributed by atoms with Crippen LogP contribution in [-0.2, 0) is 4.74 Å². The topological polar surface area (TPSA) is 62.7 Å². The Morgan fingerprint density at radius 3 is 3.22 bits per heavy atom. The number of piperidine rings is 1. The number of aliphatic hydroxyl groups excluding tert-OH is 1. The number of aromatic nitrogens is 1. The molecule has 2 atom stereocenters. The molecule has 98 valence electrons. The SMILES string of the molecule is O=C(c1cncs1)N1CC[C@H](O)[C@]2(CCCO2)C1. The maximum atomic E-state index is 12.3. The first kappa shape index (κ1) is 12.1. The molecule has 0 saturated carbocycles. The van der Waals surface area contributed by atoms with E-state index in [0.717, 1.165) is 12.8 Å². The van der Waals surface area contributed by atoms with E-state index in [1.54, 1.807) is 16.6 Å². The van der Waals surface area contributed by atoms with E-state index in [1.807, 2.05) is 0 Å². The molecule has 6 heteroatoms. The number of hydrogen-bond donors (Lipinski definition) is 1. The fourth-order valence-corrected chi connectivity index (χ4v) is 3.39. The molecule has 3 rings (SSSR count). The Morgan fingerprint density at radius 2 is 2.56 bits per heavy atom. The molecule has 3 heterocycles. The molecule has 2 saturated heterocycles. The Kier molecular flexibility index (Phi) is 3.09. The second kappa shape index (κ2) is 4.60. The molecule has 0 unspecified atom stereocenters. The Morgan fingerprint density at radius 1 is 1.67 bits per heavy atom. The van der Waals surface area contributed by atoms with E-state index in [9.17, 15) is 9.90 Å². The highest BCUT2D eigenvalue weighted by Gasteiger charge is 2.47. The first-order chi connectivity index (χ1) is 8.71. The van der Waals surface area contributed by atoms with E-state index in [0.29, 0.717) is 31.0 Å². The third kappa shape index (κ3) is 1.94. The van der Waals surface area contributed by atoms with Crippen molar-refractivity contribution in [3.8, 4) is 0 Å². The number of aliphatic hydroxyl groups is 1. The van der Waals surface area contributed by atoms with Crippen LogP contribution in [0.4, 0.5) is 0 Å². The highest BCUT2D eigenvalue weighted by molar-refractivity contribution is 7.11. The Balaban J connectivity index is 1.77. The number of ether oxygens (including phenoxy) is 1. The van der Waals surface area contributed by atoms with Gasteiger partial charge in [-0.05, 0) is 19.3 Å². The number of carbonyl (C=O) groups is 1. The zero-order valence-corrected chi connectivity index (χ0v) is 10.9. The summed E-state index contributed by atoms with van der Waals surface area (Å²) in [6.45, 7) is 1.76. The standard InChI is InChI=1S/C12H16N2O3S/c15-10-2-4-14(7-12(10)3-1-5-17-12)11(16)9-6-13-8-18-9/h6,8,10,15H,1-5,7H2/t10-,12-/m0/s1. The van der Waals surface area contributed by atoms with Gasteiger partial charge in [0.05, 0.1) is 24.4 Å². The molecule has 1 aromatic rings. The van der Waals surface area contributed by atoms with Gasteiger partial charge in [0.15, 0.2) is 0 Å². The molecule has 5 nitrogen and oxygen atoms in total. The Bertz CT molecular complexity index is 429. The quantitative estimate of drug-likeness (QED) is 0.822. The molecular formula is C12H16N2O3S. The molecule has 0 radical (unpaired) electrons. The van der Waals surface area contributed by atoms with Crippen molar-refractivity contribution in [3.63, 3.8) is 0 Å². The van der Waals surface area contributed by atoms with Gasteiger partial charge in [-0.3, -0.25) is 9.78 Å². The number of rotatable bonds is 1. The summed E-state index contributed by atoms with van der Waals surface area (Å²) >= 11 is 1.35. The lowest BCUT2D eigenvalue weighted by molar-refractivity contribution is -0.124. The molecular weight excluding hydrogens is 252 g/mol. The van der Waals surface area contributed by atoms with Crippen molar-refractivity contribution in [1.29, 1.82) is 0 Å². The third-order valence-electron chi connectivity index (χ3n) is 3.80. The fraction of sp³-hybridized carbons (Fsp3) is 0.667. The van der Waals surface area contributed by atoms with Gasteiger partial charge in [0.2, 0.25) is 0 Å². The van der Waals surface area contributed by atoms with Gasteiger partial charge in [-0.25, -0.2) is 0 Å². The number of thiazole rings is 1.